The maximum absolute atomic E-state index is 12.0. The average Bonchev–Trinajstić information content (AvgIpc) is 2.54. The number of carbonyl (C=O) groups is 1. The molecule has 4 nitrogen and oxygen atoms in total. The van der Waals surface area contributed by atoms with Crippen LogP contribution in [0.4, 0.5) is 5.69 Å². The number of amides is 1. The molecule has 24 heavy (non-hydrogen) atoms. The molecule has 0 spiro atoms. The molecule has 0 aromatic heterocycles. The van der Waals surface area contributed by atoms with Crippen LogP contribution in [-0.2, 0) is 4.79 Å². The van der Waals surface area contributed by atoms with E-state index in [1.165, 1.54) is 6.08 Å². The van der Waals surface area contributed by atoms with E-state index in [2.05, 4.69) is 21.2 Å². The summed E-state index contributed by atoms with van der Waals surface area (Å²) in [5.41, 5.74) is 1.62. The fraction of sp³-hybridized carbons (Fsp3) is 0.211. The van der Waals surface area contributed by atoms with Crippen LogP contribution in [0, 0.1) is 0 Å². The normalized spacial score (nSPS) is 10.9. The van der Waals surface area contributed by atoms with Gasteiger partial charge in [-0.05, 0) is 77.8 Å². The zero-order valence-corrected chi connectivity index (χ0v) is 15.5. The lowest BCUT2D eigenvalue weighted by atomic mass is 10.2. The number of halogens is 1. The lowest BCUT2D eigenvalue weighted by Crippen LogP contribution is -2.08. The van der Waals surface area contributed by atoms with Gasteiger partial charge in [-0.25, -0.2) is 0 Å². The second-order valence-corrected chi connectivity index (χ2v) is 6.26. The zero-order valence-electron chi connectivity index (χ0n) is 13.9. The molecule has 2 aromatic rings. The predicted octanol–water partition coefficient (Wildman–Crippen LogP) is 4.90. The van der Waals surface area contributed by atoms with Gasteiger partial charge in [0.05, 0.1) is 17.7 Å². The summed E-state index contributed by atoms with van der Waals surface area (Å²) in [5, 5.41) is 2.81. The molecule has 5 heteroatoms. The van der Waals surface area contributed by atoms with Crippen LogP contribution in [0.1, 0.15) is 19.4 Å². The second kappa shape index (κ2) is 8.55. The van der Waals surface area contributed by atoms with Gasteiger partial charge in [0.2, 0.25) is 5.91 Å². The van der Waals surface area contributed by atoms with Crippen molar-refractivity contribution >= 4 is 33.6 Å². The topological polar surface area (TPSA) is 47.6 Å². The van der Waals surface area contributed by atoms with Gasteiger partial charge in [-0.3, -0.25) is 4.79 Å². The number of nitrogens with one attached hydrogen (secondary N) is 1. The Morgan fingerprint density at radius 2 is 1.88 bits per heavy atom. The molecule has 0 unspecified atom stereocenters. The fourth-order valence-corrected chi connectivity index (χ4v) is 2.59. The van der Waals surface area contributed by atoms with Crippen LogP contribution in [0.25, 0.3) is 6.08 Å². The Hall–Kier alpha value is -2.27. The van der Waals surface area contributed by atoms with E-state index < -0.39 is 0 Å². The lowest BCUT2D eigenvalue weighted by molar-refractivity contribution is -0.111. The predicted molar refractivity (Wildman–Crippen MR) is 101 cm³/mol. The molecule has 1 amide bonds. The van der Waals surface area contributed by atoms with E-state index >= 15 is 0 Å². The Bertz CT molecular complexity index is 724. The molecule has 0 heterocycles. The molecular formula is C19H20BrNO3. The molecule has 2 aromatic carbocycles. The molecule has 2 rings (SSSR count). The quantitative estimate of drug-likeness (QED) is 0.714. The maximum atomic E-state index is 12.0. The van der Waals surface area contributed by atoms with E-state index in [-0.39, 0.29) is 12.0 Å². The molecule has 0 saturated heterocycles. The first kappa shape index (κ1) is 18.1. The van der Waals surface area contributed by atoms with Gasteiger partial charge in [0.25, 0.3) is 0 Å². The van der Waals surface area contributed by atoms with E-state index in [4.69, 9.17) is 9.47 Å². The molecule has 0 atom stereocenters. The monoisotopic (exact) mass is 389 g/mol. The second-order valence-electron chi connectivity index (χ2n) is 5.41. The van der Waals surface area contributed by atoms with Crippen molar-refractivity contribution in [3.63, 3.8) is 0 Å². The Balaban J connectivity index is 1.96. The molecule has 0 bridgehead atoms. The lowest BCUT2D eigenvalue weighted by Gasteiger charge is -2.10. The Morgan fingerprint density at radius 1 is 1.17 bits per heavy atom. The highest BCUT2D eigenvalue weighted by molar-refractivity contribution is 9.10. The van der Waals surface area contributed by atoms with Crippen molar-refractivity contribution in [3.8, 4) is 11.5 Å². The summed E-state index contributed by atoms with van der Waals surface area (Å²) in [4.78, 5) is 12.0. The van der Waals surface area contributed by atoms with Gasteiger partial charge >= 0.3 is 0 Å². The van der Waals surface area contributed by atoms with E-state index in [0.29, 0.717) is 0 Å². The van der Waals surface area contributed by atoms with Gasteiger partial charge in [0, 0.05) is 11.8 Å². The molecule has 126 valence electrons. The minimum Gasteiger partial charge on any atom is -0.496 e. The van der Waals surface area contributed by atoms with Crippen molar-refractivity contribution in [2.24, 2.45) is 0 Å². The molecular weight excluding hydrogens is 370 g/mol. The van der Waals surface area contributed by atoms with Crippen molar-refractivity contribution in [3.05, 3.63) is 58.6 Å². The standard InChI is InChI=1S/C19H20BrNO3/c1-13(2)24-16-8-6-15(7-9-16)21-19(22)11-5-14-4-10-18(23-3)17(20)12-14/h4-13H,1-3H3,(H,21,22). The first-order valence-corrected chi connectivity index (χ1v) is 8.36. The van der Waals surface area contributed by atoms with Crippen LogP contribution < -0.4 is 14.8 Å². The first-order valence-electron chi connectivity index (χ1n) is 7.57. The smallest absolute Gasteiger partial charge is 0.248 e. The van der Waals surface area contributed by atoms with Crippen molar-refractivity contribution in [2.45, 2.75) is 20.0 Å². The third-order valence-corrected chi connectivity index (χ3v) is 3.72. The Morgan fingerprint density at radius 3 is 2.46 bits per heavy atom. The number of hydrogen-bond acceptors (Lipinski definition) is 3. The maximum Gasteiger partial charge on any atom is 0.248 e. The summed E-state index contributed by atoms with van der Waals surface area (Å²) in [6.07, 6.45) is 3.36. The number of anilines is 1. The summed E-state index contributed by atoms with van der Waals surface area (Å²) >= 11 is 3.42. The van der Waals surface area contributed by atoms with Crippen LogP contribution in [0.3, 0.4) is 0 Å². The third-order valence-electron chi connectivity index (χ3n) is 3.10. The highest BCUT2D eigenvalue weighted by Crippen LogP contribution is 2.26. The van der Waals surface area contributed by atoms with Crippen molar-refractivity contribution < 1.29 is 14.3 Å². The largest absolute Gasteiger partial charge is 0.496 e. The summed E-state index contributed by atoms with van der Waals surface area (Å²) in [5.74, 6) is 1.33. The number of methoxy groups -OCH3 is 1. The minimum absolute atomic E-state index is 0.122. The van der Waals surface area contributed by atoms with Crippen LogP contribution >= 0.6 is 15.9 Å². The number of hydrogen-bond donors (Lipinski definition) is 1. The van der Waals surface area contributed by atoms with Gasteiger partial charge in [-0.2, -0.15) is 0 Å². The molecule has 0 radical (unpaired) electrons. The molecule has 1 N–H and O–H groups in total. The van der Waals surface area contributed by atoms with E-state index in [1.54, 1.807) is 13.2 Å². The van der Waals surface area contributed by atoms with E-state index in [9.17, 15) is 4.79 Å². The molecule has 0 aliphatic rings. The Labute approximate surface area is 150 Å². The van der Waals surface area contributed by atoms with Gasteiger partial charge in [0.15, 0.2) is 0 Å². The summed E-state index contributed by atoms with van der Waals surface area (Å²) < 4.78 is 11.6. The van der Waals surface area contributed by atoms with Gasteiger partial charge < -0.3 is 14.8 Å². The Kier molecular flexibility index (Phi) is 6.44. The number of ether oxygens (including phenoxy) is 2. The minimum atomic E-state index is -0.195. The molecule has 0 aliphatic carbocycles. The number of carbonyl (C=O) groups excluding carboxylic acids is 1. The van der Waals surface area contributed by atoms with Crippen LogP contribution in [0.5, 0.6) is 11.5 Å². The molecule has 0 saturated carbocycles. The molecule has 0 fully saturated rings. The number of rotatable bonds is 6. The summed E-state index contributed by atoms with van der Waals surface area (Å²) in [6, 6.07) is 12.9. The highest BCUT2D eigenvalue weighted by Gasteiger charge is 2.02. The van der Waals surface area contributed by atoms with Crippen molar-refractivity contribution in [2.75, 3.05) is 12.4 Å². The van der Waals surface area contributed by atoms with Crippen LogP contribution in [0.15, 0.2) is 53.0 Å². The first-order chi connectivity index (χ1) is 11.5. The van der Waals surface area contributed by atoms with Gasteiger partial charge in [-0.1, -0.05) is 6.07 Å². The fourth-order valence-electron chi connectivity index (χ4n) is 2.03. The number of benzene rings is 2. The van der Waals surface area contributed by atoms with Gasteiger partial charge in [-0.15, -0.1) is 0 Å². The van der Waals surface area contributed by atoms with E-state index in [1.807, 2.05) is 56.3 Å². The third kappa shape index (κ3) is 5.42. The van der Waals surface area contributed by atoms with Gasteiger partial charge in [0.1, 0.15) is 11.5 Å². The summed E-state index contributed by atoms with van der Waals surface area (Å²) in [6.45, 7) is 3.94. The zero-order chi connectivity index (χ0) is 17.5. The highest BCUT2D eigenvalue weighted by atomic mass is 79.9. The van der Waals surface area contributed by atoms with Crippen molar-refractivity contribution in [1.82, 2.24) is 0 Å². The molecule has 0 aliphatic heterocycles. The SMILES string of the molecule is COc1ccc(C=CC(=O)Nc2ccc(OC(C)C)cc2)cc1Br. The summed E-state index contributed by atoms with van der Waals surface area (Å²) in [7, 11) is 1.61. The van der Waals surface area contributed by atoms with Crippen molar-refractivity contribution in [1.29, 1.82) is 0 Å². The van der Waals surface area contributed by atoms with Crippen LogP contribution in [-0.4, -0.2) is 19.1 Å². The van der Waals surface area contributed by atoms with Crippen LogP contribution in [0.2, 0.25) is 0 Å². The average molecular weight is 390 g/mol. The van der Waals surface area contributed by atoms with E-state index in [0.717, 1.165) is 27.2 Å².